The molecule has 126 valence electrons. The SMILES string of the molecule is O=C(CC1CCCNC1)c1cc(-c2ccccc2)nc2ccccc12. The van der Waals surface area contributed by atoms with Crippen molar-refractivity contribution in [2.45, 2.75) is 19.3 Å². The minimum absolute atomic E-state index is 0.226. The third kappa shape index (κ3) is 3.47. The van der Waals surface area contributed by atoms with Gasteiger partial charge in [0.25, 0.3) is 0 Å². The molecule has 0 amide bonds. The first-order valence-electron chi connectivity index (χ1n) is 9.00. The van der Waals surface area contributed by atoms with Crippen LogP contribution in [0.4, 0.5) is 0 Å². The molecule has 0 saturated carbocycles. The lowest BCUT2D eigenvalue weighted by Crippen LogP contribution is -2.31. The Balaban J connectivity index is 1.74. The number of nitrogens with one attached hydrogen (secondary N) is 1. The van der Waals surface area contributed by atoms with Gasteiger partial charge < -0.3 is 5.32 Å². The van der Waals surface area contributed by atoms with Crippen molar-refractivity contribution >= 4 is 16.7 Å². The molecule has 0 bridgehead atoms. The van der Waals surface area contributed by atoms with E-state index in [0.717, 1.165) is 53.7 Å². The Morgan fingerprint density at radius 1 is 1.08 bits per heavy atom. The number of piperidine rings is 1. The van der Waals surface area contributed by atoms with Crippen LogP contribution in [0, 0.1) is 5.92 Å². The molecule has 0 spiro atoms. The molecule has 0 aliphatic carbocycles. The number of carbonyl (C=O) groups excluding carboxylic acids is 1. The number of para-hydroxylation sites is 1. The van der Waals surface area contributed by atoms with Crippen molar-refractivity contribution in [1.29, 1.82) is 0 Å². The Labute approximate surface area is 148 Å². The summed E-state index contributed by atoms with van der Waals surface area (Å²) in [4.78, 5) is 17.8. The fourth-order valence-electron chi connectivity index (χ4n) is 3.63. The molecule has 2 heterocycles. The summed E-state index contributed by atoms with van der Waals surface area (Å²) in [6.45, 7) is 2.02. The van der Waals surface area contributed by atoms with Gasteiger partial charge in [0, 0.05) is 22.9 Å². The van der Waals surface area contributed by atoms with Crippen LogP contribution in [-0.2, 0) is 0 Å². The van der Waals surface area contributed by atoms with Crippen molar-refractivity contribution in [2.24, 2.45) is 5.92 Å². The van der Waals surface area contributed by atoms with Crippen molar-refractivity contribution in [3.05, 3.63) is 66.2 Å². The topological polar surface area (TPSA) is 42.0 Å². The minimum Gasteiger partial charge on any atom is -0.316 e. The molecule has 1 fully saturated rings. The summed E-state index contributed by atoms with van der Waals surface area (Å²) in [6.07, 6.45) is 2.90. The number of rotatable bonds is 4. The van der Waals surface area contributed by atoms with Gasteiger partial charge in [0.2, 0.25) is 0 Å². The van der Waals surface area contributed by atoms with Crippen LogP contribution in [0.1, 0.15) is 29.6 Å². The van der Waals surface area contributed by atoms with Crippen molar-refractivity contribution in [3.8, 4) is 11.3 Å². The van der Waals surface area contributed by atoms with Crippen LogP contribution in [0.2, 0.25) is 0 Å². The molecule has 2 aromatic carbocycles. The summed E-state index contributed by atoms with van der Waals surface area (Å²) in [6, 6.07) is 20.0. The summed E-state index contributed by atoms with van der Waals surface area (Å²) in [5, 5.41) is 4.36. The summed E-state index contributed by atoms with van der Waals surface area (Å²) in [5.74, 6) is 0.665. The Hall–Kier alpha value is -2.52. The number of ketones is 1. The molecule has 3 heteroatoms. The van der Waals surface area contributed by atoms with E-state index in [2.05, 4.69) is 5.32 Å². The highest BCUT2D eigenvalue weighted by Gasteiger charge is 2.20. The Morgan fingerprint density at radius 3 is 2.68 bits per heavy atom. The van der Waals surface area contributed by atoms with Gasteiger partial charge in [0.05, 0.1) is 11.2 Å². The second kappa shape index (κ2) is 7.16. The van der Waals surface area contributed by atoms with E-state index in [1.807, 2.05) is 60.7 Å². The normalized spacial score (nSPS) is 17.5. The van der Waals surface area contributed by atoms with E-state index in [1.165, 1.54) is 0 Å². The largest absolute Gasteiger partial charge is 0.316 e. The first-order valence-corrected chi connectivity index (χ1v) is 9.00. The van der Waals surface area contributed by atoms with Crippen molar-refractivity contribution in [2.75, 3.05) is 13.1 Å². The highest BCUT2D eigenvalue weighted by atomic mass is 16.1. The predicted molar refractivity (Wildman–Crippen MR) is 102 cm³/mol. The number of carbonyl (C=O) groups is 1. The van der Waals surface area contributed by atoms with Gasteiger partial charge in [0.1, 0.15) is 0 Å². The Kier molecular flexibility index (Phi) is 4.57. The summed E-state index contributed by atoms with van der Waals surface area (Å²) in [5.41, 5.74) is 3.59. The highest BCUT2D eigenvalue weighted by Crippen LogP contribution is 2.27. The second-order valence-corrected chi connectivity index (χ2v) is 6.78. The molecule has 3 nitrogen and oxygen atoms in total. The third-order valence-corrected chi connectivity index (χ3v) is 4.96. The molecule has 1 N–H and O–H groups in total. The third-order valence-electron chi connectivity index (χ3n) is 4.96. The number of benzene rings is 2. The standard InChI is InChI=1S/C22H22N2O/c25-22(13-16-7-6-12-23-15-16)19-14-21(17-8-2-1-3-9-17)24-20-11-5-4-10-18(19)20/h1-5,8-11,14,16,23H,6-7,12-13,15H2. The number of aromatic nitrogens is 1. The van der Waals surface area contributed by atoms with Crippen LogP contribution >= 0.6 is 0 Å². The van der Waals surface area contributed by atoms with E-state index in [9.17, 15) is 4.79 Å². The highest BCUT2D eigenvalue weighted by molar-refractivity contribution is 6.08. The van der Waals surface area contributed by atoms with E-state index < -0.39 is 0 Å². The van der Waals surface area contributed by atoms with Crippen molar-refractivity contribution < 1.29 is 4.79 Å². The number of Topliss-reactive ketones (excluding diaryl/α,β-unsaturated/α-hetero) is 1. The molecule has 1 aromatic heterocycles. The molecular weight excluding hydrogens is 308 g/mol. The van der Waals surface area contributed by atoms with Crippen LogP contribution in [0.3, 0.4) is 0 Å². The number of hydrogen-bond acceptors (Lipinski definition) is 3. The van der Waals surface area contributed by atoms with Gasteiger partial charge in [-0.1, -0.05) is 48.5 Å². The van der Waals surface area contributed by atoms with E-state index in [-0.39, 0.29) is 5.78 Å². The summed E-state index contributed by atoms with van der Waals surface area (Å²) >= 11 is 0. The van der Waals surface area contributed by atoms with Gasteiger partial charge in [-0.2, -0.15) is 0 Å². The van der Waals surface area contributed by atoms with Gasteiger partial charge in [-0.3, -0.25) is 4.79 Å². The number of hydrogen-bond donors (Lipinski definition) is 1. The first kappa shape index (κ1) is 16.0. The fourth-order valence-corrected chi connectivity index (χ4v) is 3.63. The maximum absolute atomic E-state index is 13.1. The van der Waals surface area contributed by atoms with Crippen LogP contribution in [0.25, 0.3) is 22.2 Å². The lowest BCUT2D eigenvalue weighted by atomic mass is 9.90. The average molecular weight is 330 g/mol. The maximum atomic E-state index is 13.1. The number of fused-ring (bicyclic) bond motifs is 1. The Morgan fingerprint density at radius 2 is 1.88 bits per heavy atom. The molecule has 4 rings (SSSR count). The predicted octanol–water partition coefficient (Wildman–Crippen LogP) is 4.47. The molecule has 0 radical (unpaired) electrons. The molecule has 3 aromatic rings. The lowest BCUT2D eigenvalue weighted by Gasteiger charge is -2.22. The first-order chi connectivity index (χ1) is 12.3. The lowest BCUT2D eigenvalue weighted by molar-refractivity contribution is 0.0955. The maximum Gasteiger partial charge on any atom is 0.163 e. The van der Waals surface area contributed by atoms with Crippen LogP contribution in [-0.4, -0.2) is 23.9 Å². The molecule has 1 aliphatic rings. The molecular formula is C22H22N2O. The van der Waals surface area contributed by atoms with E-state index in [4.69, 9.17) is 4.98 Å². The zero-order chi connectivity index (χ0) is 17.1. The zero-order valence-electron chi connectivity index (χ0n) is 14.2. The summed E-state index contributed by atoms with van der Waals surface area (Å²) < 4.78 is 0. The van der Waals surface area contributed by atoms with Gasteiger partial charge in [-0.15, -0.1) is 0 Å². The van der Waals surface area contributed by atoms with Crippen LogP contribution in [0.5, 0.6) is 0 Å². The Bertz CT molecular complexity index is 883. The molecule has 1 unspecified atom stereocenters. The fraction of sp³-hybridized carbons (Fsp3) is 0.273. The van der Waals surface area contributed by atoms with E-state index in [1.54, 1.807) is 0 Å². The minimum atomic E-state index is 0.226. The molecule has 1 saturated heterocycles. The molecule has 1 atom stereocenters. The van der Waals surface area contributed by atoms with E-state index >= 15 is 0 Å². The summed E-state index contributed by atoms with van der Waals surface area (Å²) in [7, 11) is 0. The van der Waals surface area contributed by atoms with Crippen LogP contribution in [0.15, 0.2) is 60.7 Å². The molecule has 25 heavy (non-hydrogen) atoms. The van der Waals surface area contributed by atoms with Gasteiger partial charge in [-0.05, 0) is 44.0 Å². The molecule has 1 aliphatic heterocycles. The van der Waals surface area contributed by atoms with E-state index in [0.29, 0.717) is 12.3 Å². The average Bonchev–Trinajstić information content (AvgIpc) is 2.68. The van der Waals surface area contributed by atoms with Crippen molar-refractivity contribution in [1.82, 2.24) is 10.3 Å². The van der Waals surface area contributed by atoms with Gasteiger partial charge in [0.15, 0.2) is 5.78 Å². The monoisotopic (exact) mass is 330 g/mol. The van der Waals surface area contributed by atoms with Gasteiger partial charge >= 0.3 is 0 Å². The smallest absolute Gasteiger partial charge is 0.163 e. The van der Waals surface area contributed by atoms with Gasteiger partial charge in [-0.25, -0.2) is 4.98 Å². The quantitative estimate of drug-likeness (QED) is 0.718. The zero-order valence-corrected chi connectivity index (χ0v) is 14.2. The number of nitrogens with zero attached hydrogens (tertiary/aromatic N) is 1. The van der Waals surface area contributed by atoms with Crippen molar-refractivity contribution in [3.63, 3.8) is 0 Å². The van der Waals surface area contributed by atoms with Crippen LogP contribution < -0.4 is 5.32 Å². The second-order valence-electron chi connectivity index (χ2n) is 6.78. The number of pyridine rings is 1.